The standard InChI is InChI=1S/C12H21ClN4O2S/c1-9(2)5-3-4-6-16-20(18,19)10-7-11(13)12(17-14)15-8-10/h7-9,16H,3-6,14H2,1-2H3,(H,15,17). The van der Waals surface area contributed by atoms with E-state index in [2.05, 4.69) is 29.0 Å². The molecule has 0 saturated heterocycles. The van der Waals surface area contributed by atoms with Gasteiger partial charge in [0.1, 0.15) is 4.90 Å². The van der Waals surface area contributed by atoms with Crippen LogP contribution in [0.5, 0.6) is 0 Å². The van der Waals surface area contributed by atoms with Crippen LogP contribution in [0.25, 0.3) is 0 Å². The van der Waals surface area contributed by atoms with Crippen molar-refractivity contribution in [3.63, 3.8) is 0 Å². The largest absolute Gasteiger partial charge is 0.307 e. The maximum atomic E-state index is 12.0. The minimum absolute atomic E-state index is 0.0327. The summed E-state index contributed by atoms with van der Waals surface area (Å²) in [4.78, 5) is 3.88. The molecule has 1 aromatic rings. The monoisotopic (exact) mass is 320 g/mol. The number of rotatable bonds is 8. The smallest absolute Gasteiger partial charge is 0.242 e. The topological polar surface area (TPSA) is 97.1 Å². The molecule has 0 bridgehead atoms. The molecule has 114 valence electrons. The highest BCUT2D eigenvalue weighted by atomic mass is 35.5. The lowest BCUT2D eigenvalue weighted by Crippen LogP contribution is -2.25. The van der Waals surface area contributed by atoms with Gasteiger partial charge in [0.15, 0.2) is 5.82 Å². The molecule has 0 atom stereocenters. The molecule has 0 unspecified atom stereocenters. The van der Waals surface area contributed by atoms with Gasteiger partial charge in [-0.25, -0.2) is 24.0 Å². The van der Waals surface area contributed by atoms with E-state index in [9.17, 15) is 8.42 Å². The van der Waals surface area contributed by atoms with Gasteiger partial charge in [0.2, 0.25) is 10.0 Å². The number of nitrogens with one attached hydrogen (secondary N) is 2. The van der Waals surface area contributed by atoms with Gasteiger partial charge in [-0.1, -0.05) is 38.3 Å². The molecule has 20 heavy (non-hydrogen) atoms. The number of sulfonamides is 1. The van der Waals surface area contributed by atoms with Gasteiger partial charge in [-0.2, -0.15) is 0 Å². The molecule has 0 amide bonds. The highest BCUT2D eigenvalue weighted by Crippen LogP contribution is 2.21. The van der Waals surface area contributed by atoms with Gasteiger partial charge in [-0.05, 0) is 18.4 Å². The van der Waals surface area contributed by atoms with Crippen LogP contribution in [0.1, 0.15) is 33.1 Å². The molecule has 1 heterocycles. The van der Waals surface area contributed by atoms with E-state index in [1.807, 2.05) is 0 Å². The predicted molar refractivity (Wildman–Crippen MR) is 80.9 cm³/mol. The number of unbranched alkanes of at least 4 members (excludes halogenated alkanes) is 1. The van der Waals surface area contributed by atoms with E-state index in [1.165, 1.54) is 12.3 Å². The second-order valence-electron chi connectivity index (χ2n) is 4.93. The second-order valence-corrected chi connectivity index (χ2v) is 7.11. The third kappa shape index (κ3) is 5.24. The van der Waals surface area contributed by atoms with Crippen molar-refractivity contribution >= 4 is 27.4 Å². The molecule has 0 fully saturated rings. The molecule has 8 heteroatoms. The fourth-order valence-corrected chi connectivity index (χ4v) is 2.97. The van der Waals surface area contributed by atoms with Crippen LogP contribution in [-0.2, 0) is 10.0 Å². The van der Waals surface area contributed by atoms with E-state index >= 15 is 0 Å². The second kappa shape index (κ2) is 7.78. The zero-order valence-corrected chi connectivity index (χ0v) is 13.3. The van der Waals surface area contributed by atoms with Gasteiger partial charge in [-0.15, -0.1) is 0 Å². The summed E-state index contributed by atoms with van der Waals surface area (Å²) in [5.41, 5.74) is 2.29. The molecule has 0 aromatic carbocycles. The number of anilines is 1. The summed E-state index contributed by atoms with van der Waals surface area (Å²) in [6.07, 6.45) is 4.11. The van der Waals surface area contributed by atoms with Crippen molar-refractivity contribution in [1.82, 2.24) is 9.71 Å². The molecule has 4 N–H and O–H groups in total. The minimum Gasteiger partial charge on any atom is -0.307 e. The summed E-state index contributed by atoms with van der Waals surface area (Å²) >= 11 is 5.86. The Bertz CT molecular complexity index is 534. The third-order valence-corrected chi connectivity index (χ3v) is 4.48. The molecule has 0 radical (unpaired) electrons. The lowest BCUT2D eigenvalue weighted by molar-refractivity contribution is 0.530. The lowest BCUT2D eigenvalue weighted by atomic mass is 10.1. The number of nitrogen functional groups attached to an aromatic ring is 1. The van der Waals surface area contributed by atoms with Crippen LogP contribution in [-0.4, -0.2) is 19.9 Å². The lowest BCUT2D eigenvalue weighted by Gasteiger charge is -2.09. The Morgan fingerprint density at radius 3 is 2.65 bits per heavy atom. The number of hydrogen-bond donors (Lipinski definition) is 3. The first kappa shape index (κ1) is 17.2. The summed E-state index contributed by atoms with van der Waals surface area (Å²) in [5.74, 6) is 6.05. The van der Waals surface area contributed by atoms with Gasteiger partial charge in [0.05, 0.1) is 5.02 Å². The van der Waals surface area contributed by atoms with Crippen molar-refractivity contribution in [3.8, 4) is 0 Å². The first-order valence-electron chi connectivity index (χ1n) is 6.48. The van der Waals surface area contributed by atoms with Gasteiger partial charge in [0, 0.05) is 12.7 Å². The van der Waals surface area contributed by atoms with Crippen LogP contribution in [0.15, 0.2) is 17.2 Å². The molecular weight excluding hydrogens is 300 g/mol. The van der Waals surface area contributed by atoms with Crippen LogP contribution in [0, 0.1) is 5.92 Å². The molecule has 0 spiro atoms. The number of hydrogen-bond acceptors (Lipinski definition) is 5. The Morgan fingerprint density at radius 1 is 1.40 bits per heavy atom. The number of nitrogens with two attached hydrogens (primary N) is 1. The van der Waals surface area contributed by atoms with Gasteiger partial charge < -0.3 is 5.43 Å². The van der Waals surface area contributed by atoms with Crippen LogP contribution < -0.4 is 16.0 Å². The Labute approximate surface area is 125 Å². The van der Waals surface area contributed by atoms with E-state index < -0.39 is 10.0 Å². The average Bonchev–Trinajstić information content (AvgIpc) is 2.37. The summed E-state index contributed by atoms with van der Waals surface area (Å²) in [6, 6.07) is 1.32. The minimum atomic E-state index is -3.57. The number of pyridine rings is 1. The zero-order chi connectivity index (χ0) is 15.2. The normalized spacial score (nSPS) is 11.8. The Balaban J connectivity index is 2.58. The fourth-order valence-electron chi connectivity index (χ4n) is 1.64. The summed E-state index contributed by atoms with van der Waals surface area (Å²) in [7, 11) is -3.57. The van der Waals surface area contributed by atoms with Crippen LogP contribution in [0.4, 0.5) is 5.82 Å². The Kier molecular flexibility index (Phi) is 6.67. The molecule has 6 nitrogen and oxygen atoms in total. The maximum Gasteiger partial charge on any atom is 0.242 e. The van der Waals surface area contributed by atoms with Crippen molar-refractivity contribution in [2.45, 2.75) is 38.0 Å². The average molecular weight is 321 g/mol. The molecule has 1 rings (SSSR count). The van der Waals surface area contributed by atoms with E-state index in [0.29, 0.717) is 12.5 Å². The third-order valence-electron chi connectivity index (χ3n) is 2.76. The van der Waals surface area contributed by atoms with Crippen molar-refractivity contribution in [2.75, 3.05) is 12.0 Å². The van der Waals surface area contributed by atoms with Gasteiger partial charge in [-0.3, -0.25) is 0 Å². The summed E-state index contributed by atoms with van der Waals surface area (Å²) < 4.78 is 26.6. The first-order chi connectivity index (χ1) is 9.36. The van der Waals surface area contributed by atoms with Crippen molar-refractivity contribution in [2.24, 2.45) is 11.8 Å². The fraction of sp³-hybridized carbons (Fsp3) is 0.583. The molecule has 1 aromatic heterocycles. The molecule has 0 saturated carbocycles. The van der Waals surface area contributed by atoms with E-state index in [4.69, 9.17) is 17.4 Å². The molecule has 0 aliphatic carbocycles. The quantitative estimate of drug-likeness (QED) is 0.387. The molecule has 0 aliphatic rings. The maximum absolute atomic E-state index is 12.0. The highest BCUT2D eigenvalue weighted by molar-refractivity contribution is 7.89. The highest BCUT2D eigenvalue weighted by Gasteiger charge is 2.15. The molecule has 0 aliphatic heterocycles. The summed E-state index contributed by atoms with van der Waals surface area (Å²) in [5, 5.41) is 0.162. The number of aromatic nitrogens is 1. The Hall–Kier alpha value is -0.890. The summed E-state index contributed by atoms with van der Waals surface area (Å²) in [6.45, 7) is 4.69. The van der Waals surface area contributed by atoms with Crippen molar-refractivity contribution < 1.29 is 8.42 Å². The van der Waals surface area contributed by atoms with E-state index in [1.54, 1.807) is 0 Å². The Morgan fingerprint density at radius 2 is 2.10 bits per heavy atom. The molecular formula is C12H21ClN4O2S. The van der Waals surface area contributed by atoms with Crippen LogP contribution in [0.3, 0.4) is 0 Å². The number of nitrogens with zero attached hydrogens (tertiary/aromatic N) is 1. The van der Waals surface area contributed by atoms with Gasteiger partial charge >= 0.3 is 0 Å². The van der Waals surface area contributed by atoms with Crippen molar-refractivity contribution in [1.29, 1.82) is 0 Å². The van der Waals surface area contributed by atoms with Crippen LogP contribution >= 0.6 is 11.6 Å². The number of halogens is 1. The predicted octanol–water partition coefficient (Wildman–Crippen LogP) is 2.13. The van der Waals surface area contributed by atoms with Crippen molar-refractivity contribution in [3.05, 3.63) is 17.3 Å². The number of hydrazine groups is 1. The first-order valence-corrected chi connectivity index (χ1v) is 8.34. The zero-order valence-electron chi connectivity index (χ0n) is 11.7. The van der Waals surface area contributed by atoms with Gasteiger partial charge in [0.25, 0.3) is 0 Å². The van der Waals surface area contributed by atoms with E-state index in [-0.39, 0.29) is 15.7 Å². The SMILES string of the molecule is CC(C)CCCCNS(=O)(=O)c1cnc(NN)c(Cl)c1. The van der Waals surface area contributed by atoms with Crippen LogP contribution in [0.2, 0.25) is 5.02 Å². The van der Waals surface area contributed by atoms with E-state index in [0.717, 1.165) is 19.3 Å².